The van der Waals surface area contributed by atoms with Gasteiger partial charge >= 0.3 is 0 Å². The second-order valence-electron chi connectivity index (χ2n) is 10.1. The van der Waals surface area contributed by atoms with Gasteiger partial charge in [-0.3, -0.25) is 4.79 Å². The number of nitrogens with zero attached hydrogens (tertiary/aromatic N) is 2. The summed E-state index contributed by atoms with van der Waals surface area (Å²) in [6.45, 7) is 4.34. The van der Waals surface area contributed by atoms with Crippen LogP contribution in [0, 0.1) is 11.7 Å². The number of methoxy groups -OCH3 is 2. The number of ether oxygens (including phenoxy) is 2. The lowest BCUT2D eigenvalue weighted by Gasteiger charge is -2.36. The van der Waals surface area contributed by atoms with Gasteiger partial charge < -0.3 is 25.0 Å². The SMILES string of the molecule is COC(OC)C1CCN(c2ccc(F)c(-c3ccc4c(ccc5sc6c(c54)NCC(C)NC6=O)n3)c2)CC1. The third-order valence-corrected chi connectivity index (χ3v) is 8.82. The number of benzene rings is 2. The highest BCUT2D eigenvalue weighted by Gasteiger charge is 2.28. The van der Waals surface area contributed by atoms with Crippen molar-refractivity contribution in [3.05, 3.63) is 53.2 Å². The van der Waals surface area contributed by atoms with Crippen LogP contribution in [-0.4, -0.2) is 57.1 Å². The normalized spacial score (nSPS) is 18.5. The highest BCUT2D eigenvalue weighted by atomic mass is 32.1. The Morgan fingerprint density at radius 1 is 1.11 bits per heavy atom. The molecule has 1 amide bonds. The Morgan fingerprint density at radius 3 is 2.66 bits per heavy atom. The van der Waals surface area contributed by atoms with Crippen LogP contribution in [0.25, 0.3) is 32.2 Å². The van der Waals surface area contributed by atoms with E-state index in [0.717, 1.165) is 58.3 Å². The molecule has 2 aromatic carbocycles. The van der Waals surface area contributed by atoms with Gasteiger partial charge in [0.25, 0.3) is 5.91 Å². The number of pyridine rings is 1. The lowest BCUT2D eigenvalue weighted by atomic mass is 9.95. The Labute approximate surface area is 224 Å². The summed E-state index contributed by atoms with van der Waals surface area (Å²) in [5, 5.41) is 8.42. The molecule has 9 heteroatoms. The monoisotopic (exact) mass is 534 g/mol. The quantitative estimate of drug-likeness (QED) is 0.323. The van der Waals surface area contributed by atoms with E-state index in [1.807, 2.05) is 43.3 Å². The molecular weight excluding hydrogens is 503 g/mol. The van der Waals surface area contributed by atoms with E-state index in [1.165, 1.54) is 17.4 Å². The number of piperidine rings is 1. The maximum atomic E-state index is 15.1. The number of aromatic nitrogens is 1. The molecule has 4 heterocycles. The van der Waals surface area contributed by atoms with Gasteiger partial charge in [0.2, 0.25) is 0 Å². The van der Waals surface area contributed by atoms with Crippen LogP contribution in [0.3, 0.4) is 0 Å². The van der Waals surface area contributed by atoms with Gasteiger partial charge in [0.1, 0.15) is 10.7 Å². The summed E-state index contributed by atoms with van der Waals surface area (Å²) >= 11 is 1.48. The Bertz CT molecular complexity index is 1510. The van der Waals surface area contributed by atoms with Gasteiger partial charge in [0, 0.05) is 72.5 Å². The highest BCUT2D eigenvalue weighted by molar-refractivity contribution is 7.21. The van der Waals surface area contributed by atoms with Crippen LogP contribution in [0.5, 0.6) is 0 Å². The topological polar surface area (TPSA) is 75.7 Å². The number of thiophene rings is 1. The zero-order valence-electron chi connectivity index (χ0n) is 21.7. The molecule has 0 spiro atoms. The Morgan fingerprint density at radius 2 is 1.89 bits per heavy atom. The van der Waals surface area contributed by atoms with Crippen molar-refractivity contribution in [1.29, 1.82) is 0 Å². The molecule has 2 N–H and O–H groups in total. The maximum absolute atomic E-state index is 15.1. The van der Waals surface area contributed by atoms with Gasteiger partial charge in [-0.05, 0) is 62.2 Å². The summed E-state index contributed by atoms with van der Waals surface area (Å²) < 4.78 is 27.0. The fourth-order valence-electron chi connectivity index (χ4n) is 5.69. The minimum atomic E-state index is -0.299. The summed E-state index contributed by atoms with van der Waals surface area (Å²) in [7, 11) is 3.35. The first-order chi connectivity index (χ1) is 18.5. The molecule has 0 radical (unpaired) electrons. The third-order valence-electron chi connectivity index (χ3n) is 7.67. The molecule has 0 aliphatic carbocycles. The minimum absolute atomic E-state index is 0.0410. The molecule has 4 aromatic rings. The Hall–Kier alpha value is -3.27. The molecule has 2 aliphatic heterocycles. The molecule has 198 valence electrons. The van der Waals surface area contributed by atoms with E-state index in [-0.39, 0.29) is 24.1 Å². The van der Waals surface area contributed by atoms with E-state index < -0.39 is 0 Å². The molecular formula is C29H31FN4O3S. The second-order valence-corrected chi connectivity index (χ2v) is 11.1. The maximum Gasteiger partial charge on any atom is 0.263 e. The van der Waals surface area contributed by atoms with Crippen LogP contribution in [0.2, 0.25) is 0 Å². The van der Waals surface area contributed by atoms with Gasteiger partial charge in [-0.15, -0.1) is 11.3 Å². The van der Waals surface area contributed by atoms with E-state index in [2.05, 4.69) is 15.5 Å². The van der Waals surface area contributed by atoms with Gasteiger partial charge in [0.15, 0.2) is 6.29 Å². The number of fused-ring (bicyclic) bond motifs is 5. The van der Waals surface area contributed by atoms with Crippen LogP contribution in [0.4, 0.5) is 15.8 Å². The summed E-state index contributed by atoms with van der Waals surface area (Å²) in [6, 6.07) is 13.1. The number of hydrogen-bond donors (Lipinski definition) is 2. The van der Waals surface area contributed by atoms with Gasteiger partial charge in [0.05, 0.1) is 16.9 Å². The first kappa shape index (κ1) is 25.0. The van der Waals surface area contributed by atoms with Crippen molar-refractivity contribution in [2.45, 2.75) is 32.1 Å². The number of nitrogens with one attached hydrogen (secondary N) is 2. The lowest BCUT2D eigenvalue weighted by molar-refractivity contribution is -0.141. The zero-order valence-corrected chi connectivity index (χ0v) is 22.5. The summed E-state index contributed by atoms with van der Waals surface area (Å²) in [6.07, 6.45) is 1.69. The van der Waals surface area contributed by atoms with Crippen LogP contribution in [-0.2, 0) is 9.47 Å². The number of carbonyl (C=O) groups excluding carboxylic acids is 1. The Kier molecular flexibility index (Phi) is 6.67. The predicted octanol–water partition coefficient (Wildman–Crippen LogP) is 5.63. The molecule has 1 atom stereocenters. The molecule has 1 fully saturated rings. The number of rotatable bonds is 5. The van der Waals surface area contributed by atoms with E-state index in [9.17, 15) is 4.79 Å². The highest BCUT2D eigenvalue weighted by Crippen LogP contribution is 2.41. The molecule has 38 heavy (non-hydrogen) atoms. The smallest absolute Gasteiger partial charge is 0.263 e. The first-order valence-corrected chi connectivity index (χ1v) is 13.8. The average molecular weight is 535 g/mol. The summed E-state index contributed by atoms with van der Waals surface area (Å²) in [5.74, 6) is -0.0116. The van der Waals surface area contributed by atoms with Crippen molar-refractivity contribution in [2.24, 2.45) is 5.92 Å². The van der Waals surface area contributed by atoms with Crippen LogP contribution in [0.15, 0.2) is 42.5 Å². The molecule has 7 nitrogen and oxygen atoms in total. The van der Waals surface area contributed by atoms with E-state index in [1.54, 1.807) is 14.2 Å². The molecule has 0 bridgehead atoms. The van der Waals surface area contributed by atoms with Crippen molar-refractivity contribution < 1.29 is 18.7 Å². The van der Waals surface area contributed by atoms with Crippen LogP contribution in [0.1, 0.15) is 29.4 Å². The van der Waals surface area contributed by atoms with Crippen molar-refractivity contribution in [3.63, 3.8) is 0 Å². The van der Waals surface area contributed by atoms with Crippen molar-refractivity contribution >= 4 is 49.6 Å². The number of hydrogen-bond acceptors (Lipinski definition) is 7. The molecule has 6 rings (SSSR count). The summed E-state index contributed by atoms with van der Waals surface area (Å²) in [4.78, 5) is 20.6. The Balaban J connectivity index is 1.33. The van der Waals surface area contributed by atoms with Gasteiger partial charge in [-0.1, -0.05) is 0 Å². The van der Waals surface area contributed by atoms with Crippen molar-refractivity contribution in [2.75, 3.05) is 44.1 Å². The van der Waals surface area contributed by atoms with E-state index >= 15 is 4.39 Å². The largest absolute Gasteiger partial charge is 0.381 e. The summed E-state index contributed by atoms with van der Waals surface area (Å²) in [5.41, 5.74) is 3.68. The number of anilines is 2. The fraction of sp³-hybridized carbons (Fsp3) is 0.379. The molecule has 2 aliphatic rings. The number of amides is 1. The molecule has 0 saturated carbocycles. The van der Waals surface area contributed by atoms with Gasteiger partial charge in [-0.2, -0.15) is 0 Å². The second kappa shape index (κ2) is 10.1. The van der Waals surface area contributed by atoms with Crippen LogP contribution < -0.4 is 15.5 Å². The third kappa shape index (κ3) is 4.38. The minimum Gasteiger partial charge on any atom is -0.381 e. The standard InChI is InChI=1S/C29H31FN4O3S/c1-16-15-31-26-25-19-5-7-23(33-22(19)8-9-24(25)38-27(26)28(35)32-16)20-14-18(4-6-21(20)30)34-12-10-17(11-13-34)29(36-2)37-3/h4-9,14,16-17,29,31H,10-13,15H2,1-3H3,(H,32,35). The molecule has 2 aromatic heterocycles. The molecule has 1 saturated heterocycles. The average Bonchev–Trinajstić information content (AvgIpc) is 3.26. The first-order valence-electron chi connectivity index (χ1n) is 13.0. The zero-order chi connectivity index (χ0) is 26.4. The van der Waals surface area contributed by atoms with Crippen LogP contribution >= 0.6 is 11.3 Å². The lowest BCUT2D eigenvalue weighted by Crippen LogP contribution is -2.39. The van der Waals surface area contributed by atoms with Gasteiger partial charge in [-0.25, -0.2) is 9.37 Å². The fourth-order valence-corrected chi connectivity index (χ4v) is 6.79. The van der Waals surface area contributed by atoms with Crippen molar-refractivity contribution in [3.8, 4) is 11.3 Å². The van der Waals surface area contributed by atoms with Crippen molar-refractivity contribution in [1.82, 2.24) is 10.3 Å². The molecule has 1 unspecified atom stereocenters. The van der Waals surface area contributed by atoms with E-state index in [4.69, 9.17) is 14.5 Å². The van der Waals surface area contributed by atoms with E-state index in [0.29, 0.717) is 28.6 Å². The predicted molar refractivity (Wildman–Crippen MR) is 151 cm³/mol. The number of halogens is 1. The number of carbonyl (C=O) groups is 1.